The highest BCUT2D eigenvalue weighted by molar-refractivity contribution is 7.85. The van der Waals surface area contributed by atoms with Crippen molar-refractivity contribution in [3.8, 4) is 0 Å². The molecule has 1 rings (SSSR count). The van der Waals surface area contributed by atoms with Gasteiger partial charge in [-0.1, -0.05) is 20.8 Å². The second-order valence-corrected chi connectivity index (χ2v) is 6.36. The summed E-state index contributed by atoms with van der Waals surface area (Å²) in [6, 6.07) is 3.10. The molecule has 0 aliphatic heterocycles. The molecule has 0 radical (unpaired) electrons. The average molecular weight is 289 g/mol. The van der Waals surface area contributed by atoms with Crippen LogP contribution in [0.15, 0.2) is 23.1 Å². The van der Waals surface area contributed by atoms with E-state index in [2.05, 4.69) is 5.32 Å². The fourth-order valence-corrected chi connectivity index (χ4v) is 3.26. The second kappa shape index (κ2) is 7.70. The largest absolute Gasteiger partial charge is 0.313 e. The van der Waals surface area contributed by atoms with Gasteiger partial charge in [0.1, 0.15) is 11.6 Å². The Morgan fingerprint density at radius 2 is 2.00 bits per heavy atom. The maximum atomic E-state index is 13.5. The molecule has 1 aromatic rings. The van der Waals surface area contributed by atoms with Gasteiger partial charge in [-0.05, 0) is 37.1 Å². The topological polar surface area (TPSA) is 29.1 Å². The molecule has 0 aliphatic rings. The molecule has 108 valence electrons. The lowest BCUT2D eigenvalue weighted by molar-refractivity contribution is 0.430. The van der Waals surface area contributed by atoms with Gasteiger partial charge in [0, 0.05) is 11.8 Å². The Balaban J connectivity index is 2.78. The van der Waals surface area contributed by atoms with Crippen LogP contribution in [0.1, 0.15) is 27.2 Å². The third kappa shape index (κ3) is 4.99. The Kier molecular flexibility index (Phi) is 6.58. The molecule has 2 atom stereocenters. The maximum absolute atomic E-state index is 13.5. The Morgan fingerprint density at radius 3 is 2.58 bits per heavy atom. The van der Waals surface area contributed by atoms with E-state index in [0.717, 1.165) is 31.2 Å². The van der Waals surface area contributed by atoms with Crippen LogP contribution in [0.3, 0.4) is 0 Å². The minimum atomic E-state index is -1.54. The number of hydrogen-bond donors (Lipinski definition) is 1. The van der Waals surface area contributed by atoms with Gasteiger partial charge in [-0.25, -0.2) is 8.78 Å². The SMILES string of the molecule is CCCNC(CS(=O)c1cc(F)ccc1F)C(C)C. The number of hydrogen-bond acceptors (Lipinski definition) is 2. The van der Waals surface area contributed by atoms with Gasteiger partial charge in [0.15, 0.2) is 0 Å². The number of nitrogens with one attached hydrogen (secondary N) is 1. The first kappa shape index (κ1) is 16.2. The molecule has 1 N–H and O–H groups in total. The zero-order valence-corrected chi connectivity index (χ0v) is 12.4. The summed E-state index contributed by atoms with van der Waals surface area (Å²) in [6.07, 6.45) is 0.976. The minimum Gasteiger partial charge on any atom is -0.313 e. The summed E-state index contributed by atoms with van der Waals surface area (Å²) in [5, 5.41) is 3.29. The first-order valence-electron chi connectivity index (χ1n) is 6.52. The molecule has 0 spiro atoms. The van der Waals surface area contributed by atoms with Gasteiger partial charge in [0.25, 0.3) is 0 Å². The highest BCUT2D eigenvalue weighted by Crippen LogP contribution is 2.16. The Bertz CT molecular complexity index is 437. The maximum Gasteiger partial charge on any atom is 0.139 e. The van der Waals surface area contributed by atoms with E-state index in [1.54, 1.807) is 0 Å². The smallest absolute Gasteiger partial charge is 0.139 e. The Labute approximate surface area is 116 Å². The number of rotatable bonds is 7. The Hall–Kier alpha value is -0.810. The number of benzene rings is 1. The first-order valence-corrected chi connectivity index (χ1v) is 7.84. The zero-order valence-electron chi connectivity index (χ0n) is 11.6. The summed E-state index contributed by atoms with van der Waals surface area (Å²) in [5.41, 5.74) is 0. The fourth-order valence-electron chi connectivity index (χ4n) is 1.72. The van der Waals surface area contributed by atoms with Crippen molar-refractivity contribution < 1.29 is 13.0 Å². The first-order chi connectivity index (χ1) is 8.95. The van der Waals surface area contributed by atoms with Gasteiger partial charge in [-0.2, -0.15) is 0 Å². The molecule has 0 heterocycles. The van der Waals surface area contributed by atoms with Crippen molar-refractivity contribution >= 4 is 10.8 Å². The quantitative estimate of drug-likeness (QED) is 0.835. The van der Waals surface area contributed by atoms with Gasteiger partial charge in [0.2, 0.25) is 0 Å². The van der Waals surface area contributed by atoms with Crippen molar-refractivity contribution in [1.29, 1.82) is 0 Å². The van der Waals surface area contributed by atoms with Gasteiger partial charge in [0.05, 0.1) is 15.7 Å². The molecule has 0 fully saturated rings. The molecule has 0 aromatic heterocycles. The predicted molar refractivity (Wildman–Crippen MR) is 74.6 cm³/mol. The van der Waals surface area contributed by atoms with Crippen molar-refractivity contribution in [1.82, 2.24) is 5.32 Å². The van der Waals surface area contributed by atoms with Crippen LogP contribution in [0.5, 0.6) is 0 Å². The van der Waals surface area contributed by atoms with Gasteiger partial charge in [-0.3, -0.25) is 4.21 Å². The third-order valence-corrected chi connectivity index (χ3v) is 4.40. The van der Waals surface area contributed by atoms with Gasteiger partial charge in [-0.15, -0.1) is 0 Å². The van der Waals surface area contributed by atoms with E-state index in [1.165, 1.54) is 0 Å². The lowest BCUT2D eigenvalue weighted by Gasteiger charge is -2.21. The molecule has 5 heteroatoms. The summed E-state index contributed by atoms with van der Waals surface area (Å²) in [7, 11) is -1.54. The molecule has 2 unspecified atom stereocenters. The molecule has 0 saturated carbocycles. The van der Waals surface area contributed by atoms with Crippen LogP contribution in [0.2, 0.25) is 0 Å². The van der Waals surface area contributed by atoms with Crippen LogP contribution >= 0.6 is 0 Å². The van der Waals surface area contributed by atoms with E-state index in [1.807, 2.05) is 20.8 Å². The molecule has 19 heavy (non-hydrogen) atoms. The van der Waals surface area contributed by atoms with Crippen LogP contribution < -0.4 is 5.32 Å². The highest BCUT2D eigenvalue weighted by atomic mass is 32.2. The lowest BCUT2D eigenvalue weighted by Crippen LogP contribution is -2.39. The average Bonchev–Trinajstić information content (AvgIpc) is 2.36. The van der Waals surface area contributed by atoms with Gasteiger partial charge < -0.3 is 5.32 Å². The highest BCUT2D eigenvalue weighted by Gasteiger charge is 2.19. The van der Waals surface area contributed by atoms with E-state index >= 15 is 0 Å². The van der Waals surface area contributed by atoms with Crippen molar-refractivity contribution in [2.75, 3.05) is 12.3 Å². The fraction of sp³-hybridized carbons (Fsp3) is 0.571. The van der Waals surface area contributed by atoms with Crippen molar-refractivity contribution in [3.63, 3.8) is 0 Å². The molecule has 0 saturated heterocycles. The molecule has 1 aromatic carbocycles. The van der Waals surface area contributed by atoms with E-state index in [-0.39, 0.29) is 22.6 Å². The molecular weight excluding hydrogens is 268 g/mol. The zero-order chi connectivity index (χ0) is 14.4. The molecular formula is C14H21F2NOS. The van der Waals surface area contributed by atoms with Crippen LogP contribution in [0.25, 0.3) is 0 Å². The summed E-state index contributed by atoms with van der Waals surface area (Å²) in [4.78, 5) is -0.0519. The van der Waals surface area contributed by atoms with Crippen LogP contribution in [0.4, 0.5) is 8.78 Å². The van der Waals surface area contributed by atoms with E-state index in [4.69, 9.17) is 0 Å². The summed E-state index contributed by atoms with van der Waals surface area (Å²) in [6.45, 7) is 6.91. The second-order valence-electron chi connectivity index (χ2n) is 4.89. The van der Waals surface area contributed by atoms with Crippen molar-refractivity contribution in [2.45, 2.75) is 38.1 Å². The molecule has 0 bridgehead atoms. The monoisotopic (exact) mass is 289 g/mol. The van der Waals surface area contributed by atoms with Crippen LogP contribution in [0, 0.1) is 17.6 Å². The Morgan fingerprint density at radius 1 is 1.32 bits per heavy atom. The van der Waals surface area contributed by atoms with Crippen molar-refractivity contribution in [2.24, 2.45) is 5.92 Å². The molecule has 2 nitrogen and oxygen atoms in total. The molecule has 0 aliphatic carbocycles. The standard InChI is InChI=1S/C14H21F2NOS/c1-4-7-17-13(10(2)3)9-19(18)14-8-11(15)5-6-12(14)16/h5-6,8,10,13,17H,4,7,9H2,1-3H3. The minimum absolute atomic E-state index is 0.0310. The van der Waals surface area contributed by atoms with E-state index in [0.29, 0.717) is 0 Å². The summed E-state index contributed by atoms with van der Waals surface area (Å²) < 4.78 is 38.8. The van der Waals surface area contributed by atoms with Gasteiger partial charge >= 0.3 is 0 Å². The predicted octanol–water partition coefficient (Wildman–Crippen LogP) is 3.10. The third-order valence-electron chi connectivity index (χ3n) is 2.93. The van der Waals surface area contributed by atoms with Crippen LogP contribution in [-0.2, 0) is 10.8 Å². The normalized spacial score (nSPS) is 14.6. The van der Waals surface area contributed by atoms with E-state index < -0.39 is 22.4 Å². The summed E-state index contributed by atoms with van der Waals surface area (Å²) >= 11 is 0. The number of halogens is 2. The molecule has 0 amide bonds. The lowest BCUT2D eigenvalue weighted by atomic mass is 10.1. The van der Waals surface area contributed by atoms with Crippen LogP contribution in [-0.4, -0.2) is 22.5 Å². The van der Waals surface area contributed by atoms with Crippen molar-refractivity contribution in [3.05, 3.63) is 29.8 Å². The summed E-state index contributed by atoms with van der Waals surface area (Å²) in [5.74, 6) is -0.602. The van der Waals surface area contributed by atoms with E-state index in [9.17, 15) is 13.0 Å².